The second-order valence-electron chi connectivity index (χ2n) is 5.81. The number of nitrogens with zero attached hydrogens (tertiary/aromatic N) is 1. The van der Waals surface area contributed by atoms with Crippen molar-refractivity contribution in [3.8, 4) is 0 Å². The summed E-state index contributed by atoms with van der Waals surface area (Å²) >= 11 is 0. The number of hydrogen-bond donors (Lipinski definition) is 1. The van der Waals surface area contributed by atoms with E-state index >= 15 is 0 Å². The molecule has 3 nitrogen and oxygen atoms in total. The molecule has 2 unspecified atom stereocenters. The summed E-state index contributed by atoms with van der Waals surface area (Å²) in [6, 6.07) is 4.96. The molecule has 0 saturated carbocycles. The van der Waals surface area contributed by atoms with Crippen LogP contribution in [-0.2, 0) is 0 Å². The third-order valence-electron chi connectivity index (χ3n) is 3.89. The second kappa shape index (κ2) is 9.76. The van der Waals surface area contributed by atoms with Gasteiger partial charge in [-0.05, 0) is 24.8 Å². The largest absolute Gasteiger partial charge is 0.373 e. The quantitative estimate of drug-likeness (QED) is 0.655. The van der Waals surface area contributed by atoms with Crippen LogP contribution < -0.4 is 5.56 Å². The van der Waals surface area contributed by atoms with Gasteiger partial charge in [-0.15, -0.1) is 0 Å². The smallest absolute Gasteiger partial charge is 0.252 e. The number of aliphatic hydroxyl groups is 1. The van der Waals surface area contributed by atoms with Crippen LogP contribution in [0.3, 0.4) is 0 Å². The molecule has 1 rings (SSSR count). The van der Waals surface area contributed by atoms with Crippen LogP contribution in [-0.4, -0.2) is 9.67 Å². The molecule has 1 N–H and O–H groups in total. The van der Waals surface area contributed by atoms with Crippen LogP contribution in [0, 0.1) is 5.92 Å². The molecular weight excluding hydrogens is 250 g/mol. The van der Waals surface area contributed by atoms with Crippen molar-refractivity contribution in [1.82, 2.24) is 4.57 Å². The van der Waals surface area contributed by atoms with E-state index in [1.807, 2.05) is 0 Å². The van der Waals surface area contributed by atoms with Gasteiger partial charge in [0.05, 0.1) is 0 Å². The van der Waals surface area contributed by atoms with Crippen LogP contribution in [0.25, 0.3) is 0 Å². The number of rotatable bonds is 10. The lowest BCUT2D eigenvalue weighted by molar-refractivity contribution is 0.0832. The summed E-state index contributed by atoms with van der Waals surface area (Å²) in [6.07, 6.45) is 10.4. The average Bonchev–Trinajstić information content (AvgIpc) is 2.45. The van der Waals surface area contributed by atoms with Gasteiger partial charge in [0.1, 0.15) is 6.23 Å². The van der Waals surface area contributed by atoms with Crippen LogP contribution in [0.4, 0.5) is 0 Å². The minimum atomic E-state index is -0.689. The first-order valence-electron chi connectivity index (χ1n) is 8.00. The van der Waals surface area contributed by atoms with Crippen LogP contribution in [0.5, 0.6) is 0 Å². The lowest BCUT2D eigenvalue weighted by Crippen LogP contribution is -2.23. The van der Waals surface area contributed by atoms with E-state index in [9.17, 15) is 9.90 Å². The summed E-state index contributed by atoms with van der Waals surface area (Å²) in [5.74, 6) is 0.616. The number of unbranched alkanes of at least 4 members (excludes halogenated alkanes) is 4. The fraction of sp³-hybridized carbons (Fsp3) is 0.706. The van der Waals surface area contributed by atoms with Gasteiger partial charge in [0.15, 0.2) is 0 Å². The van der Waals surface area contributed by atoms with Crippen molar-refractivity contribution >= 4 is 0 Å². The first kappa shape index (κ1) is 17.0. The summed E-state index contributed by atoms with van der Waals surface area (Å²) in [4.78, 5) is 11.6. The van der Waals surface area contributed by atoms with E-state index in [0.717, 1.165) is 6.42 Å². The predicted molar refractivity (Wildman–Crippen MR) is 83.7 cm³/mol. The second-order valence-corrected chi connectivity index (χ2v) is 5.81. The highest BCUT2D eigenvalue weighted by molar-refractivity contribution is 4.93. The zero-order valence-corrected chi connectivity index (χ0v) is 12.9. The molecule has 0 aliphatic heterocycles. The van der Waals surface area contributed by atoms with Crippen molar-refractivity contribution in [3.05, 3.63) is 34.7 Å². The van der Waals surface area contributed by atoms with Gasteiger partial charge in [-0.3, -0.25) is 9.36 Å². The molecule has 1 aromatic rings. The Bertz CT molecular complexity index is 413. The van der Waals surface area contributed by atoms with Gasteiger partial charge < -0.3 is 5.11 Å². The molecule has 0 saturated heterocycles. The Morgan fingerprint density at radius 1 is 1.10 bits per heavy atom. The SMILES string of the molecule is CCCCCCCC(C)CCC(O)n1ccccc1=O. The van der Waals surface area contributed by atoms with Crippen LogP contribution in [0.15, 0.2) is 29.2 Å². The third kappa shape index (κ3) is 6.38. The molecule has 0 aliphatic carbocycles. The molecule has 20 heavy (non-hydrogen) atoms. The summed E-state index contributed by atoms with van der Waals surface area (Å²) < 4.78 is 1.41. The molecule has 0 spiro atoms. The van der Waals surface area contributed by atoms with Gasteiger partial charge in [0.25, 0.3) is 5.56 Å². The van der Waals surface area contributed by atoms with Crippen molar-refractivity contribution < 1.29 is 5.11 Å². The van der Waals surface area contributed by atoms with E-state index in [4.69, 9.17) is 0 Å². The maximum Gasteiger partial charge on any atom is 0.252 e. The number of hydrogen-bond acceptors (Lipinski definition) is 2. The van der Waals surface area contributed by atoms with Gasteiger partial charge in [0, 0.05) is 12.3 Å². The van der Waals surface area contributed by atoms with Crippen LogP contribution >= 0.6 is 0 Å². The van der Waals surface area contributed by atoms with Gasteiger partial charge in [0.2, 0.25) is 0 Å². The molecule has 1 aromatic heterocycles. The first-order chi connectivity index (χ1) is 9.65. The lowest BCUT2D eigenvalue weighted by Gasteiger charge is -2.16. The molecule has 0 radical (unpaired) electrons. The fourth-order valence-electron chi connectivity index (χ4n) is 2.50. The highest BCUT2D eigenvalue weighted by Crippen LogP contribution is 2.19. The van der Waals surface area contributed by atoms with Crippen LogP contribution in [0.2, 0.25) is 0 Å². The monoisotopic (exact) mass is 279 g/mol. The topological polar surface area (TPSA) is 42.2 Å². The maximum absolute atomic E-state index is 11.6. The number of pyridine rings is 1. The van der Waals surface area contributed by atoms with Crippen molar-refractivity contribution in [2.24, 2.45) is 5.92 Å². The van der Waals surface area contributed by atoms with E-state index in [1.54, 1.807) is 18.3 Å². The van der Waals surface area contributed by atoms with Crippen molar-refractivity contribution in [1.29, 1.82) is 0 Å². The normalized spacial score (nSPS) is 14.2. The van der Waals surface area contributed by atoms with Crippen molar-refractivity contribution in [3.63, 3.8) is 0 Å². The Labute approximate surface area is 122 Å². The first-order valence-corrected chi connectivity index (χ1v) is 8.00. The van der Waals surface area contributed by atoms with E-state index in [0.29, 0.717) is 12.3 Å². The zero-order valence-electron chi connectivity index (χ0n) is 12.9. The van der Waals surface area contributed by atoms with Crippen molar-refractivity contribution in [2.45, 2.75) is 71.4 Å². The summed E-state index contributed by atoms with van der Waals surface area (Å²) in [6.45, 7) is 4.47. The van der Waals surface area contributed by atoms with Gasteiger partial charge in [-0.25, -0.2) is 0 Å². The highest BCUT2D eigenvalue weighted by atomic mass is 16.3. The standard InChI is InChI=1S/C17H29NO2/c1-3-4-5-6-7-10-15(2)12-13-17(20)18-14-9-8-11-16(18)19/h8-9,11,14-15,17,20H,3-7,10,12-13H2,1-2H3. The Kier molecular flexibility index (Phi) is 8.28. The number of aliphatic hydroxyl groups excluding tert-OH is 1. The molecule has 0 amide bonds. The molecule has 0 aromatic carbocycles. The summed E-state index contributed by atoms with van der Waals surface area (Å²) in [7, 11) is 0. The third-order valence-corrected chi connectivity index (χ3v) is 3.89. The predicted octanol–water partition coefficient (Wildman–Crippen LogP) is 4.12. The zero-order chi connectivity index (χ0) is 14.8. The van der Waals surface area contributed by atoms with Crippen LogP contribution in [0.1, 0.15) is 71.4 Å². The fourth-order valence-corrected chi connectivity index (χ4v) is 2.50. The Morgan fingerprint density at radius 3 is 2.55 bits per heavy atom. The van der Waals surface area contributed by atoms with Crippen molar-refractivity contribution in [2.75, 3.05) is 0 Å². The van der Waals surface area contributed by atoms with Gasteiger partial charge >= 0.3 is 0 Å². The molecule has 0 fully saturated rings. The summed E-state index contributed by atoms with van der Waals surface area (Å²) in [5, 5.41) is 10.1. The molecule has 1 heterocycles. The average molecular weight is 279 g/mol. The summed E-state index contributed by atoms with van der Waals surface area (Å²) in [5.41, 5.74) is -0.132. The maximum atomic E-state index is 11.6. The number of aromatic nitrogens is 1. The molecular formula is C17H29NO2. The van der Waals surface area contributed by atoms with E-state index in [2.05, 4.69) is 13.8 Å². The molecule has 0 aliphatic rings. The Hall–Kier alpha value is -1.09. The van der Waals surface area contributed by atoms with E-state index in [1.165, 1.54) is 49.2 Å². The van der Waals surface area contributed by atoms with E-state index in [-0.39, 0.29) is 5.56 Å². The molecule has 114 valence electrons. The minimum Gasteiger partial charge on any atom is -0.373 e. The van der Waals surface area contributed by atoms with Gasteiger partial charge in [-0.1, -0.05) is 58.4 Å². The Morgan fingerprint density at radius 2 is 1.85 bits per heavy atom. The minimum absolute atomic E-state index is 0.132. The van der Waals surface area contributed by atoms with Gasteiger partial charge in [-0.2, -0.15) is 0 Å². The highest BCUT2D eigenvalue weighted by Gasteiger charge is 2.10. The molecule has 2 atom stereocenters. The van der Waals surface area contributed by atoms with E-state index < -0.39 is 6.23 Å². The lowest BCUT2D eigenvalue weighted by atomic mass is 9.97. The Balaban J connectivity index is 2.22. The molecule has 0 bridgehead atoms. The molecule has 3 heteroatoms.